The zero-order valence-electron chi connectivity index (χ0n) is 12.1. The number of hydrogen-bond acceptors (Lipinski definition) is 4. The third kappa shape index (κ3) is 3.54. The summed E-state index contributed by atoms with van der Waals surface area (Å²) in [6.07, 6.45) is 3.86. The molecule has 0 radical (unpaired) electrons. The van der Waals surface area contributed by atoms with E-state index < -0.39 is 9.84 Å². The summed E-state index contributed by atoms with van der Waals surface area (Å²) < 4.78 is 22.9. The Morgan fingerprint density at radius 3 is 2.38 bits per heavy atom. The maximum atomic E-state index is 11.5. The molecule has 0 amide bonds. The van der Waals surface area contributed by atoms with Crippen LogP contribution in [0.5, 0.6) is 0 Å². The van der Waals surface area contributed by atoms with Crippen LogP contribution in [0.1, 0.15) is 17.7 Å². The number of hydrogen-bond donors (Lipinski definition) is 0. The van der Waals surface area contributed by atoms with Gasteiger partial charge in [-0.2, -0.15) is 0 Å². The maximum Gasteiger partial charge on any atom is 0.175 e. The van der Waals surface area contributed by atoms with Crippen molar-refractivity contribution in [3.63, 3.8) is 0 Å². The van der Waals surface area contributed by atoms with E-state index in [4.69, 9.17) is 0 Å². The van der Waals surface area contributed by atoms with Crippen molar-refractivity contribution in [2.75, 3.05) is 19.3 Å². The number of nitrogens with zero attached hydrogens (tertiary/aromatic N) is 1. The Kier molecular flexibility index (Phi) is 4.15. The molecule has 3 rings (SSSR count). The summed E-state index contributed by atoms with van der Waals surface area (Å²) in [6.45, 7) is 3.44. The lowest BCUT2D eigenvalue weighted by atomic mass is 10.1. The van der Waals surface area contributed by atoms with E-state index in [0.717, 1.165) is 12.1 Å². The zero-order valence-corrected chi connectivity index (χ0v) is 13.7. The quantitative estimate of drug-likeness (QED) is 0.866. The summed E-state index contributed by atoms with van der Waals surface area (Å²) >= 11 is 1.78. The van der Waals surface area contributed by atoms with Gasteiger partial charge in [-0.1, -0.05) is 12.1 Å². The number of rotatable bonds is 4. The second-order valence-corrected chi connectivity index (χ2v) is 8.59. The lowest BCUT2D eigenvalue weighted by Crippen LogP contribution is -2.17. The van der Waals surface area contributed by atoms with E-state index in [-0.39, 0.29) is 0 Å². The molecule has 2 heterocycles. The van der Waals surface area contributed by atoms with Crippen molar-refractivity contribution in [3.8, 4) is 11.1 Å². The van der Waals surface area contributed by atoms with E-state index in [1.807, 2.05) is 12.1 Å². The van der Waals surface area contributed by atoms with Gasteiger partial charge in [0.2, 0.25) is 0 Å². The largest absolute Gasteiger partial charge is 0.298 e. The molecule has 0 unspecified atom stereocenters. The average Bonchev–Trinajstić information content (AvgIpc) is 3.10. The second kappa shape index (κ2) is 5.91. The number of thiophene rings is 1. The Labute approximate surface area is 130 Å². The molecule has 5 heteroatoms. The molecule has 0 atom stereocenters. The zero-order chi connectivity index (χ0) is 14.9. The smallest absolute Gasteiger partial charge is 0.175 e. The van der Waals surface area contributed by atoms with Crippen LogP contribution in [0.4, 0.5) is 0 Å². The third-order valence-corrected chi connectivity index (χ3v) is 5.90. The molecule has 1 aliphatic heterocycles. The van der Waals surface area contributed by atoms with Crippen LogP contribution in [0.2, 0.25) is 0 Å². The maximum absolute atomic E-state index is 11.5. The topological polar surface area (TPSA) is 37.4 Å². The predicted octanol–water partition coefficient (Wildman–Crippen LogP) is 3.41. The van der Waals surface area contributed by atoms with Crippen molar-refractivity contribution in [2.24, 2.45) is 0 Å². The van der Waals surface area contributed by atoms with Crippen LogP contribution in [0.3, 0.4) is 0 Å². The van der Waals surface area contributed by atoms with Gasteiger partial charge in [-0.25, -0.2) is 8.42 Å². The van der Waals surface area contributed by atoms with Gasteiger partial charge in [0, 0.05) is 17.7 Å². The van der Waals surface area contributed by atoms with Crippen LogP contribution in [-0.4, -0.2) is 32.7 Å². The lowest BCUT2D eigenvalue weighted by molar-refractivity contribution is 0.334. The number of sulfone groups is 1. The van der Waals surface area contributed by atoms with Crippen molar-refractivity contribution < 1.29 is 8.42 Å². The van der Waals surface area contributed by atoms with E-state index in [9.17, 15) is 8.42 Å². The van der Waals surface area contributed by atoms with Gasteiger partial charge in [-0.15, -0.1) is 11.3 Å². The summed E-state index contributed by atoms with van der Waals surface area (Å²) in [7, 11) is -3.12. The minimum Gasteiger partial charge on any atom is -0.298 e. The molecular weight excluding hydrogens is 302 g/mol. The average molecular weight is 321 g/mol. The molecule has 21 heavy (non-hydrogen) atoms. The van der Waals surface area contributed by atoms with Crippen LogP contribution in [-0.2, 0) is 16.4 Å². The van der Waals surface area contributed by atoms with Gasteiger partial charge in [-0.05, 0) is 60.6 Å². The van der Waals surface area contributed by atoms with Gasteiger partial charge in [0.15, 0.2) is 9.84 Å². The molecule has 1 saturated heterocycles. The molecule has 0 N–H and O–H groups in total. The van der Waals surface area contributed by atoms with E-state index in [0.29, 0.717) is 4.90 Å². The molecule has 2 aromatic rings. The second-order valence-electron chi connectivity index (χ2n) is 5.58. The monoisotopic (exact) mass is 321 g/mol. The summed E-state index contributed by atoms with van der Waals surface area (Å²) in [6, 6.07) is 9.36. The van der Waals surface area contributed by atoms with E-state index >= 15 is 0 Å². The van der Waals surface area contributed by atoms with Crippen LogP contribution in [0.25, 0.3) is 11.1 Å². The van der Waals surface area contributed by atoms with Crippen LogP contribution < -0.4 is 0 Å². The molecule has 1 aliphatic rings. The molecule has 1 aromatic carbocycles. The fraction of sp³-hybridized carbons (Fsp3) is 0.375. The van der Waals surface area contributed by atoms with E-state index in [2.05, 4.69) is 16.3 Å². The van der Waals surface area contributed by atoms with Crippen LogP contribution in [0, 0.1) is 0 Å². The van der Waals surface area contributed by atoms with Crippen LogP contribution >= 0.6 is 11.3 Å². The predicted molar refractivity (Wildman–Crippen MR) is 87.4 cm³/mol. The van der Waals surface area contributed by atoms with Gasteiger partial charge in [0.1, 0.15) is 0 Å². The van der Waals surface area contributed by atoms with E-state index in [1.54, 1.807) is 23.5 Å². The van der Waals surface area contributed by atoms with Gasteiger partial charge < -0.3 is 0 Å². The SMILES string of the molecule is CS(=O)(=O)c1ccc(-c2csc(CN3CCCC3)c2)cc1. The van der Waals surface area contributed by atoms with Crippen LogP contribution in [0.15, 0.2) is 40.6 Å². The molecule has 1 aromatic heterocycles. The van der Waals surface area contributed by atoms with Gasteiger partial charge in [-0.3, -0.25) is 4.90 Å². The first-order chi connectivity index (χ1) is 10.0. The molecule has 112 valence electrons. The molecule has 0 aliphatic carbocycles. The van der Waals surface area contributed by atoms with E-state index in [1.165, 1.54) is 42.6 Å². The van der Waals surface area contributed by atoms with Gasteiger partial charge in [0.05, 0.1) is 4.90 Å². The minimum absolute atomic E-state index is 0.374. The van der Waals surface area contributed by atoms with Crippen molar-refractivity contribution in [1.82, 2.24) is 4.90 Å². The molecule has 0 saturated carbocycles. The fourth-order valence-corrected chi connectivity index (χ4v) is 4.24. The Bertz CT molecular complexity index is 711. The fourth-order valence-electron chi connectivity index (χ4n) is 2.67. The molecule has 1 fully saturated rings. The minimum atomic E-state index is -3.12. The lowest BCUT2D eigenvalue weighted by Gasteiger charge is -2.12. The first-order valence-corrected chi connectivity index (χ1v) is 9.90. The number of likely N-dealkylation sites (tertiary alicyclic amines) is 1. The highest BCUT2D eigenvalue weighted by Gasteiger charge is 2.13. The summed E-state index contributed by atoms with van der Waals surface area (Å²) in [5, 5.41) is 2.15. The molecule has 0 bridgehead atoms. The van der Waals surface area contributed by atoms with Crippen molar-refractivity contribution in [2.45, 2.75) is 24.3 Å². The molecule has 3 nitrogen and oxygen atoms in total. The summed E-state index contributed by atoms with van der Waals surface area (Å²) in [5.41, 5.74) is 2.25. The van der Waals surface area contributed by atoms with Crippen molar-refractivity contribution in [3.05, 3.63) is 40.6 Å². The standard InChI is InChI=1S/C16H19NO2S2/c1-21(18,19)16-6-4-13(5-7-16)14-10-15(20-12-14)11-17-8-2-3-9-17/h4-7,10,12H,2-3,8-9,11H2,1H3. The van der Waals surface area contributed by atoms with Crippen molar-refractivity contribution >= 4 is 21.2 Å². The number of benzene rings is 1. The first-order valence-electron chi connectivity index (χ1n) is 7.13. The summed E-state index contributed by atoms with van der Waals surface area (Å²) in [4.78, 5) is 4.24. The highest BCUT2D eigenvalue weighted by molar-refractivity contribution is 7.90. The normalized spacial score (nSPS) is 16.4. The summed E-state index contributed by atoms with van der Waals surface area (Å²) in [5.74, 6) is 0. The molecule has 0 spiro atoms. The Balaban J connectivity index is 1.76. The Morgan fingerprint density at radius 1 is 1.10 bits per heavy atom. The highest BCUT2D eigenvalue weighted by atomic mass is 32.2. The van der Waals surface area contributed by atoms with Crippen molar-refractivity contribution in [1.29, 1.82) is 0 Å². The van der Waals surface area contributed by atoms with Gasteiger partial charge in [0.25, 0.3) is 0 Å². The first kappa shape index (κ1) is 14.8. The van der Waals surface area contributed by atoms with Gasteiger partial charge >= 0.3 is 0 Å². The Hall–Kier alpha value is -1.17. The third-order valence-electron chi connectivity index (χ3n) is 3.85. The highest BCUT2D eigenvalue weighted by Crippen LogP contribution is 2.28. The molecular formula is C16H19NO2S2. The Morgan fingerprint density at radius 2 is 1.76 bits per heavy atom.